The van der Waals surface area contributed by atoms with Crippen LogP contribution in [0.25, 0.3) is 0 Å². The number of rotatable bonds is 3. The first kappa shape index (κ1) is 16.7. The van der Waals surface area contributed by atoms with Crippen molar-refractivity contribution >= 4 is 11.6 Å². The molecule has 5 aliphatic rings. The summed E-state index contributed by atoms with van der Waals surface area (Å²) in [5.74, 6) is -0.709. The summed E-state index contributed by atoms with van der Waals surface area (Å²) in [6.45, 7) is 2.01. The molecule has 2 N–H and O–H groups in total. The molecule has 1 saturated heterocycles. The number of allylic oxidation sites excluding steroid dienone is 1. The summed E-state index contributed by atoms with van der Waals surface area (Å²) in [6.07, 6.45) is 4.34. The van der Waals surface area contributed by atoms with Crippen molar-refractivity contribution in [1.82, 2.24) is 0 Å². The fourth-order valence-electron chi connectivity index (χ4n) is 5.20. The largest absolute Gasteiger partial charge is 0.507 e. The summed E-state index contributed by atoms with van der Waals surface area (Å²) >= 11 is 0. The van der Waals surface area contributed by atoms with E-state index in [9.17, 15) is 19.8 Å². The van der Waals surface area contributed by atoms with Gasteiger partial charge in [0, 0.05) is 23.8 Å². The molecule has 1 spiro atoms. The van der Waals surface area contributed by atoms with E-state index in [2.05, 4.69) is 0 Å². The number of aliphatic hydroxyl groups is 1. The number of ketones is 2. The first-order chi connectivity index (χ1) is 12.9. The maximum Gasteiger partial charge on any atom is 0.200 e. The van der Waals surface area contributed by atoms with Gasteiger partial charge in [-0.15, -0.1) is 0 Å². The van der Waals surface area contributed by atoms with Crippen molar-refractivity contribution < 1.29 is 29.3 Å². The van der Waals surface area contributed by atoms with Crippen molar-refractivity contribution in [3.05, 3.63) is 47.1 Å². The Hall–Kier alpha value is -2.44. The third-order valence-corrected chi connectivity index (χ3v) is 6.48. The van der Waals surface area contributed by atoms with E-state index in [-0.39, 0.29) is 47.6 Å². The molecule has 6 nitrogen and oxygen atoms in total. The van der Waals surface area contributed by atoms with Crippen LogP contribution in [0.3, 0.4) is 0 Å². The molecular formula is C21H20O6. The molecule has 3 aliphatic carbocycles. The van der Waals surface area contributed by atoms with Gasteiger partial charge in [0.05, 0.1) is 13.2 Å². The Morgan fingerprint density at radius 1 is 1.37 bits per heavy atom. The van der Waals surface area contributed by atoms with E-state index in [1.54, 1.807) is 31.2 Å². The molecule has 27 heavy (non-hydrogen) atoms. The van der Waals surface area contributed by atoms with Gasteiger partial charge in [0.2, 0.25) is 0 Å². The van der Waals surface area contributed by atoms with Crippen LogP contribution < -0.4 is 4.74 Å². The summed E-state index contributed by atoms with van der Waals surface area (Å²) in [5.41, 5.74) is -1.16. The number of aromatic hydroxyl groups is 1. The molecule has 4 atom stereocenters. The first-order valence-electron chi connectivity index (χ1n) is 9.17. The molecule has 2 aliphatic heterocycles. The topological polar surface area (TPSA) is 93.1 Å². The van der Waals surface area contributed by atoms with E-state index in [0.29, 0.717) is 18.6 Å². The predicted molar refractivity (Wildman–Crippen MR) is 94.6 cm³/mol. The smallest absolute Gasteiger partial charge is 0.200 e. The molecule has 1 aromatic carbocycles. The molecule has 140 valence electrons. The highest BCUT2D eigenvalue weighted by Crippen LogP contribution is 2.63. The van der Waals surface area contributed by atoms with Crippen molar-refractivity contribution in [2.75, 3.05) is 13.2 Å². The molecule has 1 saturated carbocycles. The number of benzene rings is 1. The number of phenols is 1. The molecule has 1 aromatic rings. The summed E-state index contributed by atoms with van der Waals surface area (Å²) < 4.78 is 12.5. The van der Waals surface area contributed by atoms with Crippen molar-refractivity contribution in [2.24, 2.45) is 11.8 Å². The number of carbonyl (C=O) groups is 2. The van der Waals surface area contributed by atoms with E-state index in [4.69, 9.17) is 9.47 Å². The van der Waals surface area contributed by atoms with Crippen LogP contribution >= 0.6 is 0 Å². The molecule has 4 bridgehead atoms. The van der Waals surface area contributed by atoms with Crippen LogP contribution in [0.15, 0.2) is 41.5 Å². The quantitative estimate of drug-likeness (QED) is 0.792. The zero-order chi connectivity index (χ0) is 19.0. The molecule has 2 heterocycles. The van der Waals surface area contributed by atoms with Gasteiger partial charge in [-0.1, -0.05) is 23.8 Å². The molecule has 6 rings (SSSR count). The summed E-state index contributed by atoms with van der Waals surface area (Å²) in [7, 11) is 0. The van der Waals surface area contributed by atoms with Gasteiger partial charge in [0.1, 0.15) is 17.1 Å². The van der Waals surface area contributed by atoms with E-state index < -0.39 is 17.1 Å². The number of hydrogen-bond acceptors (Lipinski definition) is 6. The third-order valence-electron chi connectivity index (χ3n) is 6.48. The Morgan fingerprint density at radius 3 is 2.96 bits per heavy atom. The van der Waals surface area contributed by atoms with Crippen molar-refractivity contribution in [3.63, 3.8) is 0 Å². The van der Waals surface area contributed by atoms with Gasteiger partial charge in [-0.3, -0.25) is 9.59 Å². The minimum absolute atomic E-state index is 0.0709. The molecule has 0 amide bonds. The minimum atomic E-state index is -1.28. The Labute approximate surface area is 156 Å². The summed E-state index contributed by atoms with van der Waals surface area (Å²) in [6, 6.07) is 4.72. The fraction of sp³-hybridized carbons (Fsp3) is 0.429. The van der Waals surface area contributed by atoms with Gasteiger partial charge < -0.3 is 19.7 Å². The second kappa shape index (κ2) is 5.30. The number of Topliss-reactive ketones (excluding diaryl/α,β-unsaturated/α-hetero) is 2. The second-order valence-corrected chi connectivity index (χ2v) is 7.85. The molecule has 2 fully saturated rings. The van der Waals surface area contributed by atoms with Crippen LogP contribution in [0.5, 0.6) is 11.5 Å². The first-order valence-corrected chi connectivity index (χ1v) is 9.17. The van der Waals surface area contributed by atoms with Crippen molar-refractivity contribution in [2.45, 2.75) is 31.0 Å². The summed E-state index contributed by atoms with van der Waals surface area (Å²) in [4.78, 5) is 26.6. The molecular weight excluding hydrogens is 348 g/mol. The lowest BCUT2D eigenvalue weighted by Crippen LogP contribution is -2.71. The van der Waals surface area contributed by atoms with Crippen LogP contribution in [0.1, 0.15) is 30.1 Å². The number of phenolic OH excluding ortho intramolecular Hbond substituents is 1. The van der Waals surface area contributed by atoms with Crippen LogP contribution in [0, 0.1) is 11.8 Å². The Bertz CT molecular complexity index is 944. The van der Waals surface area contributed by atoms with Crippen LogP contribution in [0.2, 0.25) is 0 Å². The van der Waals surface area contributed by atoms with Crippen LogP contribution in [-0.2, 0) is 9.53 Å². The predicted octanol–water partition coefficient (Wildman–Crippen LogP) is 1.95. The van der Waals surface area contributed by atoms with Crippen molar-refractivity contribution in [3.8, 4) is 11.5 Å². The van der Waals surface area contributed by atoms with Gasteiger partial charge in [-0.2, -0.15) is 0 Å². The van der Waals surface area contributed by atoms with Gasteiger partial charge in [0.15, 0.2) is 22.8 Å². The zero-order valence-electron chi connectivity index (χ0n) is 14.9. The van der Waals surface area contributed by atoms with E-state index in [1.165, 1.54) is 6.07 Å². The van der Waals surface area contributed by atoms with E-state index >= 15 is 0 Å². The molecule has 4 unspecified atom stereocenters. The van der Waals surface area contributed by atoms with E-state index in [0.717, 1.165) is 5.57 Å². The number of fused-ring (bicyclic) bond motifs is 1. The lowest BCUT2D eigenvalue weighted by Gasteiger charge is -2.55. The standard InChI is InChI=1S/C21H20O6/c1-11(9-22)5-6-20-19(25)12-7-13(10-26-20)21(20)14(8-12)18(24)17-15(23)3-2-4-16(17)27-21/h2-5,8,12-13,22-23H,6-7,9-10H2,1H3/b11-5+. The Morgan fingerprint density at radius 2 is 2.19 bits per heavy atom. The lowest BCUT2D eigenvalue weighted by molar-refractivity contribution is -0.165. The molecule has 6 heteroatoms. The molecule has 0 radical (unpaired) electrons. The zero-order valence-corrected chi connectivity index (χ0v) is 14.9. The van der Waals surface area contributed by atoms with Crippen molar-refractivity contribution in [1.29, 1.82) is 0 Å². The van der Waals surface area contributed by atoms with Crippen LogP contribution in [-0.4, -0.2) is 46.2 Å². The second-order valence-electron chi connectivity index (χ2n) is 7.85. The lowest BCUT2D eigenvalue weighted by atomic mass is 9.53. The molecule has 0 aromatic heterocycles. The Balaban J connectivity index is 1.74. The number of ether oxygens (including phenoxy) is 2. The van der Waals surface area contributed by atoms with Gasteiger partial charge in [-0.05, 0) is 25.5 Å². The van der Waals surface area contributed by atoms with Gasteiger partial charge in [0.25, 0.3) is 0 Å². The average molecular weight is 368 g/mol. The minimum Gasteiger partial charge on any atom is -0.507 e. The highest BCUT2D eigenvalue weighted by molar-refractivity contribution is 6.17. The van der Waals surface area contributed by atoms with E-state index in [1.807, 2.05) is 0 Å². The monoisotopic (exact) mass is 368 g/mol. The van der Waals surface area contributed by atoms with Crippen LogP contribution in [0.4, 0.5) is 0 Å². The highest BCUT2D eigenvalue weighted by atomic mass is 16.6. The SMILES string of the molecule is C/C(=C\CC12OCC3CC(C=C4C(=O)c5c(O)cccc5OC431)C2=O)CO. The average Bonchev–Trinajstić information content (AvgIpc) is 2.91. The normalized spacial score (nSPS) is 36.2. The summed E-state index contributed by atoms with van der Waals surface area (Å²) in [5, 5.41) is 19.5. The maximum absolute atomic E-state index is 13.3. The number of carbonyl (C=O) groups excluding carboxylic acids is 2. The number of aliphatic hydroxyl groups excluding tert-OH is 1. The Kier molecular flexibility index (Phi) is 3.28. The third kappa shape index (κ3) is 1.82. The number of hydrogen-bond donors (Lipinski definition) is 2. The fourth-order valence-corrected chi connectivity index (χ4v) is 5.20. The van der Waals surface area contributed by atoms with Gasteiger partial charge >= 0.3 is 0 Å². The maximum atomic E-state index is 13.3. The van der Waals surface area contributed by atoms with Gasteiger partial charge in [-0.25, -0.2) is 0 Å². The highest BCUT2D eigenvalue weighted by Gasteiger charge is 2.76.